The highest BCUT2D eigenvalue weighted by Gasteiger charge is 2.16. The van der Waals surface area contributed by atoms with Crippen LogP contribution in [0.5, 0.6) is 0 Å². The van der Waals surface area contributed by atoms with Crippen molar-refractivity contribution in [2.24, 2.45) is 4.99 Å². The predicted octanol–water partition coefficient (Wildman–Crippen LogP) is 3.17. The average Bonchev–Trinajstić information content (AvgIpc) is 3.32. The molecule has 1 aromatic carbocycles. The number of benzene rings is 1. The quantitative estimate of drug-likeness (QED) is 0.577. The van der Waals surface area contributed by atoms with Gasteiger partial charge in [-0.3, -0.25) is 0 Å². The lowest BCUT2D eigenvalue weighted by Crippen LogP contribution is -2.43. The monoisotopic (exact) mass is 374 g/mol. The highest BCUT2D eigenvalue weighted by molar-refractivity contribution is 6.31. The summed E-state index contributed by atoms with van der Waals surface area (Å²) < 4.78 is 2.08. The number of rotatable bonds is 7. The molecule has 1 heterocycles. The SMILES string of the molecule is CCc1nncn1CCNC(=NCc1ccccc1Cl)NC1CCCC1. The number of nitrogens with zero attached hydrogens (tertiary/aromatic N) is 4. The molecule has 140 valence electrons. The number of hydrogen-bond acceptors (Lipinski definition) is 3. The van der Waals surface area contributed by atoms with Crippen LogP contribution in [0.3, 0.4) is 0 Å². The molecular weight excluding hydrogens is 348 g/mol. The summed E-state index contributed by atoms with van der Waals surface area (Å²) in [5.41, 5.74) is 1.04. The number of aromatic nitrogens is 3. The molecule has 1 saturated carbocycles. The fraction of sp³-hybridized carbons (Fsp3) is 0.526. The number of hydrogen-bond donors (Lipinski definition) is 2. The fourth-order valence-electron chi connectivity index (χ4n) is 3.24. The first-order chi connectivity index (χ1) is 12.8. The average molecular weight is 375 g/mol. The Morgan fingerprint density at radius 1 is 1.31 bits per heavy atom. The third-order valence-corrected chi connectivity index (χ3v) is 5.09. The van der Waals surface area contributed by atoms with E-state index in [9.17, 15) is 0 Å². The summed E-state index contributed by atoms with van der Waals surface area (Å²) in [7, 11) is 0. The molecule has 0 atom stereocenters. The van der Waals surface area contributed by atoms with Crippen LogP contribution in [0.1, 0.15) is 44.0 Å². The second-order valence-corrected chi connectivity index (χ2v) is 7.01. The number of aryl methyl sites for hydroxylation is 1. The highest BCUT2D eigenvalue weighted by Crippen LogP contribution is 2.18. The number of aliphatic imine (C=N–C) groups is 1. The third-order valence-electron chi connectivity index (χ3n) is 4.72. The molecular formula is C19H27ClN6. The van der Waals surface area contributed by atoms with Crippen LogP contribution >= 0.6 is 11.6 Å². The molecule has 2 aromatic rings. The zero-order valence-electron chi connectivity index (χ0n) is 15.3. The summed E-state index contributed by atoms with van der Waals surface area (Å²) >= 11 is 6.26. The van der Waals surface area contributed by atoms with Gasteiger partial charge in [-0.15, -0.1) is 10.2 Å². The van der Waals surface area contributed by atoms with Gasteiger partial charge in [-0.05, 0) is 24.5 Å². The first-order valence-corrected chi connectivity index (χ1v) is 9.79. The lowest BCUT2D eigenvalue weighted by atomic mass is 10.2. The summed E-state index contributed by atoms with van der Waals surface area (Å²) in [6.07, 6.45) is 7.65. The Morgan fingerprint density at radius 2 is 2.12 bits per heavy atom. The van der Waals surface area contributed by atoms with Crippen molar-refractivity contribution in [1.82, 2.24) is 25.4 Å². The van der Waals surface area contributed by atoms with Crippen molar-refractivity contribution in [1.29, 1.82) is 0 Å². The van der Waals surface area contributed by atoms with E-state index in [0.29, 0.717) is 12.6 Å². The fourth-order valence-corrected chi connectivity index (χ4v) is 3.44. The van der Waals surface area contributed by atoms with E-state index in [1.54, 1.807) is 6.33 Å². The molecule has 1 aliphatic carbocycles. The first-order valence-electron chi connectivity index (χ1n) is 9.41. The van der Waals surface area contributed by atoms with E-state index in [0.717, 1.165) is 41.9 Å². The van der Waals surface area contributed by atoms with Gasteiger partial charge in [-0.25, -0.2) is 4.99 Å². The largest absolute Gasteiger partial charge is 0.355 e. The lowest BCUT2D eigenvalue weighted by molar-refractivity contribution is 0.593. The van der Waals surface area contributed by atoms with Crippen molar-refractivity contribution in [2.45, 2.75) is 58.2 Å². The molecule has 26 heavy (non-hydrogen) atoms. The van der Waals surface area contributed by atoms with E-state index in [1.165, 1.54) is 25.7 Å². The van der Waals surface area contributed by atoms with E-state index < -0.39 is 0 Å². The van der Waals surface area contributed by atoms with Crippen molar-refractivity contribution < 1.29 is 0 Å². The van der Waals surface area contributed by atoms with Crippen molar-refractivity contribution >= 4 is 17.6 Å². The second-order valence-electron chi connectivity index (χ2n) is 6.60. The van der Waals surface area contributed by atoms with Crippen LogP contribution in [-0.4, -0.2) is 33.3 Å². The van der Waals surface area contributed by atoms with Gasteiger partial charge in [0, 0.05) is 30.6 Å². The van der Waals surface area contributed by atoms with Gasteiger partial charge in [0.05, 0.1) is 6.54 Å². The highest BCUT2D eigenvalue weighted by atomic mass is 35.5. The second kappa shape index (κ2) is 9.57. The molecule has 0 aliphatic heterocycles. The summed E-state index contributed by atoms with van der Waals surface area (Å²) in [5, 5.41) is 15.9. The Balaban J connectivity index is 1.60. The maximum Gasteiger partial charge on any atom is 0.191 e. The molecule has 6 nitrogen and oxygen atoms in total. The van der Waals surface area contributed by atoms with Gasteiger partial charge < -0.3 is 15.2 Å². The van der Waals surface area contributed by atoms with Crippen LogP contribution in [-0.2, 0) is 19.5 Å². The minimum atomic E-state index is 0.508. The summed E-state index contributed by atoms with van der Waals surface area (Å²) in [6, 6.07) is 8.36. The van der Waals surface area contributed by atoms with E-state index >= 15 is 0 Å². The molecule has 0 unspecified atom stereocenters. The summed E-state index contributed by atoms with van der Waals surface area (Å²) in [6.45, 7) is 4.24. The predicted molar refractivity (Wildman–Crippen MR) is 105 cm³/mol. The maximum atomic E-state index is 6.26. The van der Waals surface area contributed by atoms with Crippen LogP contribution in [0.25, 0.3) is 0 Å². The topological polar surface area (TPSA) is 67.1 Å². The first kappa shape index (κ1) is 18.7. The van der Waals surface area contributed by atoms with Crippen molar-refractivity contribution in [3.05, 3.63) is 47.0 Å². The molecule has 0 bridgehead atoms. The number of nitrogens with one attached hydrogen (secondary N) is 2. The molecule has 0 saturated heterocycles. The Kier molecular flexibility index (Phi) is 6.89. The number of halogens is 1. The lowest BCUT2D eigenvalue weighted by Gasteiger charge is -2.18. The van der Waals surface area contributed by atoms with E-state index in [1.807, 2.05) is 24.3 Å². The van der Waals surface area contributed by atoms with Gasteiger partial charge >= 0.3 is 0 Å². The zero-order valence-corrected chi connectivity index (χ0v) is 16.0. The standard InChI is InChI=1S/C19H27ClN6/c1-2-18-25-23-14-26(18)12-11-21-19(24-16-8-4-5-9-16)22-13-15-7-3-6-10-17(15)20/h3,6-7,10,14,16H,2,4-5,8-9,11-13H2,1H3,(H2,21,22,24). The molecule has 1 fully saturated rings. The molecule has 3 rings (SSSR count). The van der Waals surface area contributed by atoms with Gasteiger partial charge in [0.2, 0.25) is 0 Å². The normalized spacial score (nSPS) is 15.4. The Morgan fingerprint density at radius 3 is 2.88 bits per heavy atom. The van der Waals surface area contributed by atoms with Gasteiger partial charge in [0.15, 0.2) is 5.96 Å². The summed E-state index contributed by atoms with van der Waals surface area (Å²) in [4.78, 5) is 4.75. The maximum absolute atomic E-state index is 6.26. The molecule has 1 aliphatic rings. The van der Waals surface area contributed by atoms with Crippen molar-refractivity contribution in [2.75, 3.05) is 6.54 Å². The van der Waals surface area contributed by atoms with Crippen molar-refractivity contribution in [3.63, 3.8) is 0 Å². The minimum Gasteiger partial charge on any atom is -0.355 e. The zero-order chi connectivity index (χ0) is 18.2. The van der Waals surface area contributed by atoms with E-state index in [2.05, 4.69) is 32.3 Å². The Labute approximate surface area is 160 Å². The van der Waals surface area contributed by atoms with Gasteiger partial charge in [0.1, 0.15) is 12.2 Å². The van der Waals surface area contributed by atoms with Crippen LogP contribution in [0.2, 0.25) is 5.02 Å². The Hall–Kier alpha value is -2.08. The van der Waals surface area contributed by atoms with Crippen LogP contribution in [0.4, 0.5) is 0 Å². The van der Waals surface area contributed by atoms with Gasteiger partial charge in [-0.2, -0.15) is 0 Å². The molecule has 0 spiro atoms. The van der Waals surface area contributed by atoms with Gasteiger partial charge in [0.25, 0.3) is 0 Å². The molecule has 2 N–H and O–H groups in total. The molecule has 1 aromatic heterocycles. The molecule has 0 amide bonds. The Bertz CT molecular complexity index is 720. The van der Waals surface area contributed by atoms with Crippen LogP contribution in [0, 0.1) is 0 Å². The van der Waals surface area contributed by atoms with E-state index in [-0.39, 0.29) is 0 Å². The number of guanidine groups is 1. The molecule has 7 heteroatoms. The smallest absolute Gasteiger partial charge is 0.191 e. The molecule has 0 radical (unpaired) electrons. The third kappa shape index (κ3) is 5.21. The summed E-state index contributed by atoms with van der Waals surface area (Å²) in [5.74, 6) is 1.85. The van der Waals surface area contributed by atoms with Gasteiger partial charge in [-0.1, -0.05) is 49.6 Å². The van der Waals surface area contributed by atoms with Crippen molar-refractivity contribution in [3.8, 4) is 0 Å². The van der Waals surface area contributed by atoms with Crippen LogP contribution < -0.4 is 10.6 Å². The minimum absolute atomic E-state index is 0.508. The van der Waals surface area contributed by atoms with E-state index in [4.69, 9.17) is 16.6 Å². The van der Waals surface area contributed by atoms with Crippen LogP contribution in [0.15, 0.2) is 35.6 Å².